The molecule has 1 fully saturated rings. The van der Waals surface area contributed by atoms with Gasteiger partial charge in [-0.15, -0.1) is 0 Å². The van der Waals surface area contributed by atoms with Crippen LogP contribution in [0.3, 0.4) is 0 Å². The van der Waals surface area contributed by atoms with Gasteiger partial charge in [0.1, 0.15) is 6.04 Å². The van der Waals surface area contributed by atoms with Crippen molar-refractivity contribution in [1.29, 1.82) is 0 Å². The first-order chi connectivity index (χ1) is 13.4. The molecule has 152 valence electrons. The Morgan fingerprint density at radius 2 is 1.93 bits per heavy atom. The maximum atomic E-state index is 13.2. The van der Waals surface area contributed by atoms with Gasteiger partial charge in [0, 0.05) is 43.2 Å². The summed E-state index contributed by atoms with van der Waals surface area (Å²) in [5, 5.41) is 6.89. The summed E-state index contributed by atoms with van der Waals surface area (Å²) < 4.78 is 0. The number of H-pyrrole nitrogens is 1. The Bertz CT molecular complexity index is 806. The summed E-state index contributed by atoms with van der Waals surface area (Å²) in [6.07, 6.45) is 4.46. The average molecular weight is 385 g/mol. The molecule has 6 nitrogen and oxygen atoms in total. The summed E-state index contributed by atoms with van der Waals surface area (Å²) in [6.45, 7) is 8.43. The van der Waals surface area contributed by atoms with E-state index in [1.165, 1.54) is 0 Å². The van der Waals surface area contributed by atoms with Crippen molar-refractivity contribution >= 4 is 22.8 Å². The predicted octanol–water partition coefficient (Wildman–Crippen LogP) is 3.29. The first-order valence-electron chi connectivity index (χ1n) is 10.3. The number of hydrogen-bond donors (Lipinski definition) is 3. The standard InChI is InChI=1S/C22H32N4O2/c1-15(2)13-24-22(28)25-20(21(27)26-10-8-16(3)9-11-26)12-17-14-23-19-7-5-4-6-18(17)19/h4-7,14-16,20,23H,8-13H2,1-3H3,(H2,24,25,28). The first-order valence-corrected chi connectivity index (χ1v) is 10.3. The van der Waals surface area contributed by atoms with Gasteiger partial charge in [-0.25, -0.2) is 4.79 Å². The molecule has 0 aliphatic carbocycles. The second kappa shape index (κ2) is 9.13. The van der Waals surface area contributed by atoms with Crippen LogP contribution in [0.5, 0.6) is 0 Å². The number of benzene rings is 1. The number of carbonyl (C=O) groups is 2. The van der Waals surface area contributed by atoms with Gasteiger partial charge in [0.2, 0.25) is 5.91 Å². The third kappa shape index (κ3) is 5.06. The van der Waals surface area contributed by atoms with Crippen molar-refractivity contribution in [3.8, 4) is 0 Å². The van der Waals surface area contributed by atoms with Crippen LogP contribution < -0.4 is 10.6 Å². The van der Waals surface area contributed by atoms with Crippen molar-refractivity contribution in [3.63, 3.8) is 0 Å². The van der Waals surface area contributed by atoms with Crippen molar-refractivity contribution in [2.75, 3.05) is 19.6 Å². The Balaban J connectivity index is 1.75. The number of aromatic amines is 1. The molecular weight excluding hydrogens is 352 g/mol. The van der Waals surface area contributed by atoms with Gasteiger partial charge in [-0.3, -0.25) is 4.79 Å². The highest BCUT2D eigenvalue weighted by Crippen LogP contribution is 2.21. The fraction of sp³-hybridized carbons (Fsp3) is 0.545. The van der Waals surface area contributed by atoms with Gasteiger partial charge >= 0.3 is 6.03 Å². The molecule has 3 amide bonds. The number of nitrogens with zero attached hydrogens (tertiary/aromatic N) is 1. The summed E-state index contributed by atoms with van der Waals surface area (Å²) in [5.41, 5.74) is 2.09. The topological polar surface area (TPSA) is 77.2 Å². The summed E-state index contributed by atoms with van der Waals surface area (Å²) in [6, 6.07) is 7.19. The molecule has 1 unspecified atom stereocenters. The smallest absolute Gasteiger partial charge is 0.315 e. The van der Waals surface area contributed by atoms with Crippen molar-refractivity contribution in [2.45, 2.75) is 46.1 Å². The summed E-state index contributed by atoms with van der Waals surface area (Å²) in [5.74, 6) is 1.02. The number of fused-ring (bicyclic) bond motifs is 1. The van der Waals surface area contributed by atoms with Crippen LogP contribution in [0.15, 0.2) is 30.5 Å². The zero-order valence-corrected chi connectivity index (χ0v) is 17.1. The van der Waals surface area contributed by atoms with Gasteiger partial charge in [-0.05, 0) is 36.3 Å². The van der Waals surface area contributed by atoms with E-state index in [2.05, 4.69) is 22.5 Å². The van der Waals surface area contributed by atoms with Crippen LogP contribution in [0.4, 0.5) is 4.79 Å². The summed E-state index contributed by atoms with van der Waals surface area (Å²) >= 11 is 0. The van der Waals surface area contributed by atoms with Gasteiger partial charge in [-0.1, -0.05) is 39.0 Å². The van der Waals surface area contributed by atoms with E-state index in [-0.39, 0.29) is 11.9 Å². The lowest BCUT2D eigenvalue weighted by Crippen LogP contribution is -2.53. The zero-order chi connectivity index (χ0) is 20.1. The molecule has 0 bridgehead atoms. The third-order valence-corrected chi connectivity index (χ3v) is 5.47. The van der Waals surface area contributed by atoms with E-state index >= 15 is 0 Å². The van der Waals surface area contributed by atoms with Crippen molar-refractivity contribution in [1.82, 2.24) is 20.5 Å². The second-order valence-corrected chi connectivity index (χ2v) is 8.37. The van der Waals surface area contributed by atoms with Crippen LogP contribution in [-0.4, -0.2) is 47.5 Å². The van der Waals surface area contributed by atoms with Crippen LogP contribution in [0, 0.1) is 11.8 Å². The molecule has 0 saturated carbocycles. The summed E-state index contributed by atoms with van der Waals surface area (Å²) in [7, 11) is 0. The third-order valence-electron chi connectivity index (χ3n) is 5.47. The maximum Gasteiger partial charge on any atom is 0.315 e. The normalized spacial score (nSPS) is 16.4. The molecule has 2 heterocycles. The van der Waals surface area contributed by atoms with Crippen LogP contribution in [-0.2, 0) is 11.2 Å². The van der Waals surface area contributed by atoms with Gasteiger partial charge in [-0.2, -0.15) is 0 Å². The fourth-order valence-electron chi connectivity index (χ4n) is 3.68. The highest BCUT2D eigenvalue weighted by atomic mass is 16.2. The predicted molar refractivity (Wildman–Crippen MR) is 112 cm³/mol. The molecule has 3 N–H and O–H groups in total. The highest BCUT2D eigenvalue weighted by Gasteiger charge is 2.29. The van der Waals surface area contributed by atoms with E-state index in [1.807, 2.05) is 49.2 Å². The Morgan fingerprint density at radius 1 is 1.21 bits per heavy atom. The fourth-order valence-corrected chi connectivity index (χ4v) is 3.68. The minimum atomic E-state index is -0.570. The van der Waals surface area contributed by atoms with Gasteiger partial charge in [0.15, 0.2) is 0 Å². The first kappa shape index (κ1) is 20.2. The number of amides is 3. The summed E-state index contributed by atoms with van der Waals surface area (Å²) in [4.78, 5) is 30.8. The van der Waals surface area contributed by atoms with Crippen molar-refractivity contribution < 1.29 is 9.59 Å². The van der Waals surface area contributed by atoms with E-state index < -0.39 is 6.04 Å². The Morgan fingerprint density at radius 3 is 2.64 bits per heavy atom. The molecule has 3 rings (SSSR count). The largest absolute Gasteiger partial charge is 0.361 e. The van der Waals surface area contributed by atoms with Crippen LogP contribution in [0.2, 0.25) is 0 Å². The molecule has 2 aromatic rings. The zero-order valence-electron chi connectivity index (χ0n) is 17.1. The Labute approximate surface area is 167 Å². The quantitative estimate of drug-likeness (QED) is 0.715. The minimum absolute atomic E-state index is 0.0110. The molecule has 1 aliphatic rings. The molecule has 1 atom stereocenters. The molecule has 1 saturated heterocycles. The van der Waals surface area contributed by atoms with Crippen molar-refractivity contribution in [3.05, 3.63) is 36.0 Å². The number of aromatic nitrogens is 1. The SMILES string of the molecule is CC(C)CNC(=O)NC(Cc1c[nH]c2ccccc12)C(=O)N1CCC(C)CC1. The molecule has 1 aromatic heterocycles. The van der Waals surface area contributed by atoms with Crippen LogP contribution in [0.25, 0.3) is 10.9 Å². The molecular formula is C22H32N4O2. The number of para-hydroxylation sites is 1. The van der Waals surface area contributed by atoms with E-state index in [1.54, 1.807) is 0 Å². The average Bonchev–Trinajstić information content (AvgIpc) is 3.09. The number of nitrogens with one attached hydrogen (secondary N) is 3. The number of likely N-dealkylation sites (tertiary alicyclic amines) is 1. The second-order valence-electron chi connectivity index (χ2n) is 8.37. The molecule has 1 aromatic carbocycles. The van der Waals surface area contributed by atoms with Gasteiger partial charge in [0.05, 0.1) is 0 Å². The molecule has 28 heavy (non-hydrogen) atoms. The Kier molecular flexibility index (Phi) is 6.60. The number of rotatable bonds is 6. The lowest BCUT2D eigenvalue weighted by atomic mass is 9.97. The number of piperidine rings is 1. The number of urea groups is 1. The highest BCUT2D eigenvalue weighted by molar-refractivity contribution is 5.89. The molecule has 0 spiro atoms. The lowest BCUT2D eigenvalue weighted by molar-refractivity contribution is -0.134. The van der Waals surface area contributed by atoms with Crippen molar-refractivity contribution in [2.24, 2.45) is 11.8 Å². The van der Waals surface area contributed by atoms with Gasteiger partial charge < -0.3 is 20.5 Å². The van der Waals surface area contributed by atoms with E-state index in [9.17, 15) is 9.59 Å². The van der Waals surface area contributed by atoms with Crippen LogP contribution >= 0.6 is 0 Å². The maximum absolute atomic E-state index is 13.2. The molecule has 6 heteroatoms. The number of carbonyl (C=O) groups excluding carboxylic acids is 2. The monoisotopic (exact) mass is 384 g/mol. The van der Waals surface area contributed by atoms with E-state index in [0.717, 1.165) is 42.4 Å². The molecule has 0 radical (unpaired) electrons. The number of hydrogen-bond acceptors (Lipinski definition) is 2. The van der Waals surface area contributed by atoms with E-state index in [4.69, 9.17) is 0 Å². The minimum Gasteiger partial charge on any atom is -0.361 e. The van der Waals surface area contributed by atoms with E-state index in [0.29, 0.717) is 24.8 Å². The molecule has 1 aliphatic heterocycles. The lowest BCUT2D eigenvalue weighted by Gasteiger charge is -2.33. The Hall–Kier alpha value is -2.50. The van der Waals surface area contributed by atoms with Gasteiger partial charge in [0.25, 0.3) is 0 Å². The van der Waals surface area contributed by atoms with Crippen LogP contribution in [0.1, 0.15) is 39.2 Å².